The van der Waals surface area contributed by atoms with E-state index in [0.717, 1.165) is 6.42 Å². The lowest BCUT2D eigenvalue weighted by atomic mass is 9.83. The fourth-order valence-corrected chi connectivity index (χ4v) is 2.98. The minimum absolute atomic E-state index is 0.0617. The highest BCUT2D eigenvalue weighted by Crippen LogP contribution is 2.38. The molecule has 0 saturated heterocycles. The standard InChI is InChI=1S/C13H17BrF2N2O/c1-2-7-18-11(10(14)8-17-18)12(19)9-3-5-13(15,16)6-4-9/h8-9H,2-7H2,1H3. The van der Waals surface area contributed by atoms with Crippen LogP contribution < -0.4 is 0 Å². The normalized spacial score (nSPS) is 19.6. The minimum Gasteiger partial charge on any atom is -0.292 e. The van der Waals surface area contributed by atoms with Gasteiger partial charge in [0, 0.05) is 25.3 Å². The third-order valence-corrected chi connectivity index (χ3v) is 4.13. The third kappa shape index (κ3) is 3.22. The van der Waals surface area contributed by atoms with Gasteiger partial charge in [0.1, 0.15) is 5.69 Å². The van der Waals surface area contributed by atoms with Crippen molar-refractivity contribution in [3.63, 3.8) is 0 Å². The molecule has 1 aromatic rings. The quantitative estimate of drug-likeness (QED) is 0.778. The molecule has 1 saturated carbocycles. The van der Waals surface area contributed by atoms with Gasteiger partial charge in [-0.3, -0.25) is 9.48 Å². The van der Waals surface area contributed by atoms with Crippen molar-refractivity contribution in [3.8, 4) is 0 Å². The zero-order valence-electron chi connectivity index (χ0n) is 10.8. The van der Waals surface area contributed by atoms with E-state index >= 15 is 0 Å². The number of halogens is 3. The van der Waals surface area contributed by atoms with Crippen LogP contribution in [0.25, 0.3) is 0 Å². The van der Waals surface area contributed by atoms with Gasteiger partial charge in [0.15, 0.2) is 5.78 Å². The average molecular weight is 335 g/mol. The average Bonchev–Trinajstić information content (AvgIpc) is 2.70. The number of hydrogen-bond acceptors (Lipinski definition) is 2. The molecule has 19 heavy (non-hydrogen) atoms. The second kappa shape index (κ2) is 5.69. The zero-order valence-corrected chi connectivity index (χ0v) is 12.4. The smallest absolute Gasteiger partial charge is 0.248 e. The molecule has 0 aromatic carbocycles. The van der Waals surface area contributed by atoms with Crippen LogP contribution in [0.5, 0.6) is 0 Å². The number of Topliss-reactive ketones (excluding diaryl/α,β-unsaturated/α-hetero) is 1. The van der Waals surface area contributed by atoms with Crippen molar-refractivity contribution in [2.75, 3.05) is 0 Å². The van der Waals surface area contributed by atoms with Crippen molar-refractivity contribution < 1.29 is 13.6 Å². The minimum atomic E-state index is -2.60. The Morgan fingerprint density at radius 3 is 2.74 bits per heavy atom. The molecule has 1 heterocycles. The van der Waals surface area contributed by atoms with Gasteiger partial charge in [0.2, 0.25) is 5.92 Å². The van der Waals surface area contributed by atoms with Crippen LogP contribution in [0.4, 0.5) is 8.78 Å². The van der Waals surface area contributed by atoms with Crippen molar-refractivity contribution in [3.05, 3.63) is 16.4 Å². The Balaban J connectivity index is 2.14. The van der Waals surface area contributed by atoms with Gasteiger partial charge in [-0.2, -0.15) is 5.10 Å². The van der Waals surface area contributed by atoms with E-state index in [1.165, 1.54) is 0 Å². The van der Waals surface area contributed by atoms with Crippen LogP contribution >= 0.6 is 15.9 Å². The van der Waals surface area contributed by atoms with Gasteiger partial charge in [-0.15, -0.1) is 0 Å². The zero-order chi connectivity index (χ0) is 14.0. The maximum absolute atomic E-state index is 13.1. The summed E-state index contributed by atoms with van der Waals surface area (Å²) in [7, 11) is 0. The molecule has 106 valence electrons. The number of alkyl halides is 2. The fourth-order valence-electron chi connectivity index (χ4n) is 2.48. The molecule has 0 N–H and O–H groups in total. The Labute approximate surface area is 119 Å². The third-order valence-electron chi connectivity index (χ3n) is 3.55. The van der Waals surface area contributed by atoms with Crippen LogP contribution in [0, 0.1) is 5.92 Å². The van der Waals surface area contributed by atoms with Crippen molar-refractivity contribution in [2.45, 2.75) is 51.5 Å². The van der Waals surface area contributed by atoms with Crippen molar-refractivity contribution in [2.24, 2.45) is 5.92 Å². The molecular weight excluding hydrogens is 318 g/mol. The maximum Gasteiger partial charge on any atom is 0.248 e. The van der Waals surface area contributed by atoms with E-state index in [2.05, 4.69) is 21.0 Å². The molecule has 6 heteroatoms. The SMILES string of the molecule is CCCn1ncc(Br)c1C(=O)C1CCC(F)(F)CC1. The molecule has 0 amide bonds. The van der Waals surface area contributed by atoms with Gasteiger partial charge in [-0.05, 0) is 35.2 Å². The number of aryl methyl sites for hydroxylation is 1. The summed E-state index contributed by atoms with van der Waals surface area (Å²) in [6.45, 7) is 2.67. The maximum atomic E-state index is 13.1. The molecule has 1 fully saturated rings. The van der Waals surface area contributed by atoms with Gasteiger partial charge in [-0.25, -0.2) is 8.78 Å². The van der Waals surface area contributed by atoms with Gasteiger partial charge < -0.3 is 0 Å². The summed E-state index contributed by atoms with van der Waals surface area (Å²) in [6.07, 6.45) is 2.61. The van der Waals surface area contributed by atoms with Gasteiger partial charge in [-0.1, -0.05) is 6.92 Å². The van der Waals surface area contributed by atoms with E-state index in [-0.39, 0.29) is 37.4 Å². The lowest BCUT2D eigenvalue weighted by molar-refractivity contribution is -0.0425. The van der Waals surface area contributed by atoms with Crippen molar-refractivity contribution in [1.29, 1.82) is 0 Å². The van der Waals surface area contributed by atoms with Crippen molar-refractivity contribution in [1.82, 2.24) is 9.78 Å². The highest BCUT2D eigenvalue weighted by Gasteiger charge is 2.38. The molecule has 1 aliphatic carbocycles. The van der Waals surface area contributed by atoms with Crippen LogP contribution in [0.3, 0.4) is 0 Å². The van der Waals surface area contributed by atoms with E-state index in [1.807, 2.05) is 6.92 Å². The Morgan fingerprint density at radius 1 is 1.53 bits per heavy atom. The topological polar surface area (TPSA) is 34.9 Å². The summed E-state index contributed by atoms with van der Waals surface area (Å²) in [5.41, 5.74) is 0.525. The number of carbonyl (C=O) groups is 1. The molecule has 0 unspecified atom stereocenters. The van der Waals surface area contributed by atoms with E-state index in [9.17, 15) is 13.6 Å². The van der Waals surface area contributed by atoms with Crippen LogP contribution in [0.1, 0.15) is 49.5 Å². The van der Waals surface area contributed by atoms with Gasteiger partial charge in [0.25, 0.3) is 0 Å². The number of carbonyl (C=O) groups excluding carboxylic acids is 1. The molecule has 0 spiro atoms. The Hall–Kier alpha value is -0.780. The first kappa shape index (κ1) is 14.6. The highest BCUT2D eigenvalue weighted by atomic mass is 79.9. The highest BCUT2D eigenvalue weighted by molar-refractivity contribution is 9.10. The molecule has 0 bridgehead atoms. The molecule has 2 rings (SSSR count). The van der Waals surface area contributed by atoms with Crippen LogP contribution in [-0.4, -0.2) is 21.5 Å². The number of aromatic nitrogens is 2. The second-order valence-electron chi connectivity index (χ2n) is 5.06. The Bertz CT molecular complexity index is 463. The molecule has 0 radical (unpaired) electrons. The van der Waals surface area contributed by atoms with E-state index in [4.69, 9.17) is 0 Å². The first-order valence-electron chi connectivity index (χ1n) is 6.58. The molecular formula is C13H17BrF2N2O. The number of hydrogen-bond donors (Lipinski definition) is 0. The van der Waals surface area contributed by atoms with Crippen LogP contribution in [-0.2, 0) is 6.54 Å². The molecule has 3 nitrogen and oxygen atoms in total. The lowest BCUT2D eigenvalue weighted by Gasteiger charge is -2.27. The molecule has 0 atom stereocenters. The second-order valence-corrected chi connectivity index (χ2v) is 5.91. The summed E-state index contributed by atoms with van der Waals surface area (Å²) in [6, 6.07) is 0. The van der Waals surface area contributed by atoms with E-state index in [0.29, 0.717) is 16.7 Å². The Kier molecular flexibility index (Phi) is 4.38. The molecule has 1 aromatic heterocycles. The summed E-state index contributed by atoms with van der Waals surface area (Å²) >= 11 is 3.32. The predicted molar refractivity (Wildman–Crippen MR) is 71.5 cm³/mol. The number of nitrogens with zero attached hydrogens (tertiary/aromatic N) is 2. The van der Waals surface area contributed by atoms with Crippen molar-refractivity contribution >= 4 is 21.7 Å². The van der Waals surface area contributed by atoms with E-state index < -0.39 is 5.92 Å². The molecule has 0 aliphatic heterocycles. The monoisotopic (exact) mass is 334 g/mol. The summed E-state index contributed by atoms with van der Waals surface area (Å²) in [5, 5.41) is 4.15. The molecule has 1 aliphatic rings. The predicted octanol–water partition coefficient (Wildman–Crippen LogP) is 4.06. The number of rotatable bonds is 4. The van der Waals surface area contributed by atoms with E-state index in [1.54, 1.807) is 10.9 Å². The van der Waals surface area contributed by atoms with Crippen LogP contribution in [0.2, 0.25) is 0 Å². The Morgan fingerprint density at radius 2 is 2.16 bits per heavy atom. The fraction of sp³-hybridized carbons (Fsp3) is 0.692. The largest absolute Gasteiger partial charge is 0.292 e. The first-order chi connectivity index (χ1) is 8.94. The van der Waals surface area contributed by atoms with Crippen LogP contribution in [0.15, 0.2) is 10.7 Å². The van der Waals surface area contributed by atoms with Gasteiger partial charge >= 0.3 is 0 Å². The summed E-state index contributed by atoms with van der Waals surface area (Å²) < 4.78 is 28.6. The van der Waals surface area contributed by atoms with Gasteiger partial charge in [0.05, 0.1) is 10.7 Å². The lowest BCUT2D eigenvalue weighted by Crippen LogP contribution is -2.30. The number of ketones is 1. The summed E-state index contributed by atoms with van der Waals surface area (Å²) in [5.74, 6) is -2.96. The summed E-state index contributed by atoms with van der Waals surface area (Å²) in [4.78, 5) is 12.5. The first-order valence-corrected chi connectivity index (χ1v) is 7.37.